The molecule has 142 valence electrons. The minimum atomic E-state index is -0.365. The third-order valence-electron chi connectivity index (χ3n) is 6.14. The predicted octanol–water partition coefficient (Wildman–Crippen LogP) is 2.48. The molecule has 1 aromatic carbocycles. The van der Waals surface area contributed by atoms with Crippen molar-refractivity contribution in [2.45, 2.75) is 24.8 Å². The van der Waals surface area contributed by atoms with E-state index in [1.165, 1.54) is 21.4 Å². The summed E-state index contributed by atoms with van der Waals surface area (Å²) in [5.41, 5.74) is 3.82. The van der Waals surface area contributed by atoms with Gasteiger partial charge in [0.1, 0.15) is 0 Å². The molecule has 2 aliphatic rings. The average Bonchev–Trinajstić information content (AvgIpc) is 3.11. The molecule has 1 aromatic heterocycles. The van der Waals surface area contributed by atoms with Crippen molar-refractivity contribution in [3.63, 3.8) is 0 Å². The molecule has 27 heavy (non-hydrogen) atoms. The van der Waals surface area contributed by atoms with Gasteiger partial charge in [-0.15, -0.1) is 6.58 Å². The maximum Gasteiger partial charge on any atom is 0.323 e. The smallest absolute Gasteiger partial charge is 0.323 e. The molecule has 0 radical (unpaired) electrons. The third kappa shape index (κ3) is 2.84. The summed E-state index contributed by atoms with van der Waals surface area (Å²) in [5.74, 6) is -0.0455. The van der Waals surface area contributed by atoms with Crippen molar-refractivity contribution in [1.82, 2.24) is 20.1 Å². The molecule has 0 bridgehead atoms. The van der Waals surface area contributed by atoms with Gasteiger partial charge in [-0.05, 0) is 30.0 Å². The van der Waals surface area contributed by atoms with Crippen molar-refractivity contribution in [3.8, 4) is 0 Å². The number of amides is 3. The number of aromatic nitrogens is 1. The Morgan fingerprint density at radius 1 is 1.44 bits per heavy atom. The Kier molecular flexibility index (Phi) is 4.52. The van der Waals surface area contributed by atoms with Crippen LogP contribution in [-0.2, 0) is 11.2 Å². The number of rotatable bonds is 3. The quantitative estimate of drug-likeness (QED) is 0.820. The summed E-state index contributed by atoms with van der Waals surface area (Å²) in [4.78, 5) is 31.8. The normalized spacial score (nSPS) is 24.3. The molecule has 2 heterocycles. The van der Waals surface area contributed by atoms with Crippen molar-refractivity contribution in [2.75, 3.05) is 27.2 Å². The van der Waals surface area contributed by atoms with E-state index in [1.807, 2.05) is 6.08 Å². The molecule has 6 heteroatoms. The van der Waals surface area contributed by atoms with Gasteiger partial charge >= 0.3 is 6.03 Å². The molecule has 3 atom stereocenters. The zero-order valence-electron chi connectivity index (χ0n) is 15.9. The van der Waals surface area contributed by atoms with Gasteiger partial charge in [0.15, 0.2) is 0 Å². The van der Waals surface area contributed by atoms with E-state index in [1.54, 1.807) is 14.1 Å². The van der Waals surface area contributed by atoms with Crippen LogP contribution in [0.4, 0.5) is 4.79 Å². The lowest BCUT2D eigenvalue weighted by Gasteiger charge is -2.46. The average molecular weight is 366 g/mol. The second kappa shape index (κ2) is 6.85. The number of imide groups is 1. The maximum absolute atomic E-state index is 13.0. The zero-order valence-corrected chi connectivity index (χ0v) is 15.9. The van der Waals surface area contributed by atoms with Crippen LogP contribution in [0.15, 0.2) is 37.1 Å². The number of hydrogen-bond acceptors (Lipinski definition) is 3. The van der Waals surface area contributed by atoms with Gasteiger partial charge in [0, 0.05) is 56.2 Å². The molecule has 1 fully saturated rings. The number of H-pyrrole nitrogens is 1. The molecule has 0 saturated carbocycles. The summed E-state index contributed by atoms with van der Waals surface area (Å²) < 4.78 is 0. The highest BCUT2D eigenvalue weighted by Gasteiger charge is 2.43. The number of piperidine rings is 1. The maximum atomic E-state index is 13.0. The summed E-state index contributed by atoms with van der Waals surface area (Å²) in [5, 5.41) is 3.85. The van der Waals surface area contributed by atoms with Crippen molar-refractivity contribution in [1.29, 1.82) is 0 Å². The molecule has 3 amide bonds. The summed E-state index contributed by atoms with van der Waals surface area (Å²) in [7, 11) is 3.10. The Morgan fingerprint density at radius 3 is 3.00 bits per heavy atom. The fraction of sp³-hybridized carbons (Fsp3) is 0.429. The fourth-order valence-corrected chi connectivity index (χ4v) is 4.89. The second-order valence-corrected chi connectivity index (χ2v) is 7.59. The molecule has 2 aromatic rings. The van der Waals surface area contributed by atoms with E-state index in [4.69, 9.17) is 0 Å². The summed E-state index contributed by atoms with van der Waals surface area (Å²) in [6.45, 7) is 5.30. The number of nitrogens with zero attached hydrogens (tertiary/aromatic N) is 2. The Morgan fingerprint density at radius 2 is 2.26 bits per heavy atom. The lowest BCUT2D eigenvalue weighted by molar-refractivity contribution is -0.134. The van der Waals surface area contributed by atoms with Crippen LogP contribution in [0.25, 0.3) is 10.9 Å². The van der Waals surface area contributed by atoms with E-state index < -0.39 is 0 Å². The van der Waals surface area contributed by atoms with Crippen molar-refractivity contribution < 1.29 is 9.59 Å². The van der Waals surface area contributed by atoms with Gasteiger partial charge in [-0.3, -0.25) is 14.6 Å². The second-order valence-electron chi connectivity index (χ2n) is 7.59. The van der Waals surface area contributed by atoms with Gasteiger partial charge in [0.2, 0.25) is 5.91 Å². The Hall–Kier alpha value is -2.60. The first-order valence-electron chi connectivity index (χ1n) is 9.48. The molecular weight excluding hydrogens is 340 g/mol. The van der Waals surface area contributed by atoms with Gasteiger partial charge in [-0.1, -0.05) is 18.2 Å². The molecule has 1 saturated heterocycles. The van der Waals surface area contributed by atoms with Crippen molar-refractivity contribution >= 4 is 22.8 Å². The summed E-state index contributed by atoms with van der Waals surface area (Å²) in [6.07, 6.45) is 5.76. The number of hydrogen-bond donors (Lipinski definition) is 2. The molecule has 4 rings (SSSR count). The van der Waals surface area contributed by atoms with Crippen molar-refractivity contribution in [2.24, 2.45) is 5.92 Å². The number of fused-ring (bicyclic) bond motifs is 2. The Labute approximate surface area is 159 Å². The van der Waals surface area contributed by atoms with E-state index in [0.29, 0.717) is 12.6 Å². The first kappa shape index (κ1) is 17.8. The number of nitrogens with one attached hydrogen (secondary N) is 2. The largest absolute Gasteiger partial charge is 0.361 e. The third-order valence-corrected chi connectivity index (χ3v) is 6.14. The van der Waals surface area contributed by atoms with E-state index in [2.05, 4.69) is 46.2 Å². The van der Waals surface area contributed by atoms with Crippen LogP contribution in [0, 0.1) is 5.92 Å². The summed E-state index contributed by atoms with van der Waals surface area (Å²) in [6, 6.07) is 6.37. The van der Waals surface area contributed by atoms with Crippen LogP contribution in [0.2, 0.25) is 0 Å². The van der Waals surface area contributed by atoms with E-state index in [0.717, 1.165) is 24.9 Å². The molecule has 0 spiro atoms. The molecule has 1 unspecified atom stereocenters. The van der Waals surface area contributed by atoms with Crippen molar-refractivity contribution in [3.05, 3.63) is 48.2 Å². The highest BCUT2D eigenvalue weighted by molar-refractivity contribution is 5.95. The van der Waals surface area contributed by atoms with E-state index in [-0.39, 0.29) is 23.8 Å². The number of benzene rings is 1. The molecule has 1 aliphatic heterocycles. The fourth-order valence-electron chi connectivity index (χ4n) is 4.89. The topological polar surface area (TPSA) is 68.4 Å². The molecule has 1 aliphatic carbocycles. The number of carbonyl (C=O) groups excluding carboxylic acids is 2. The first-order valence-corrected chi connectivity index (χ1v) is 9.48. The van der Waals surface area contributed by atoms with Crippen LogP contribution < -0.4 is 5.32 Å². The van der Waals surface area contributed by atoms with Gasteiger partial charge < -0.3 is 10.3 Å². The van der Waals surface area contributed by atoms with Crippen LogP contribution in [-0.4, -0.2) is 59.9 Å². The minimum Gasteiger partial charge on any atom is -0.361 e. The molecular formula is C21H26N4O2. The van der Waals surface area contributed by atoms with Crippen LogP contribution in [0.1, 0.15) is 23.5 Å². The van der Waals surface area contributed by atoms with Gasteiger partial charge in [0.25, 0.3) is 0 Å². The Balaban J connectivity index is 1.70. The van der Waals surface area contributed by atoms with Gasteiger partial charge in [-0.2, -0.15) is 0 Å². The van der Waals surface area contributed by atoms with E-state index in [9.17, 15) is 9.59 Å². The highest BCUT2D eigenvalue weighted by atomic mass is 16.2. The lowest BCUT2D eigenvalue weighted by Crippen LogP contribution is -2.54. The van der Waals surface area contributed by atoms with Crippen LogP contribution in [0.3, 0.4) is 0 Å². The standard InChI is InChI=1S/C21H26N4O2/c1-4-8-25-12-14(20(26)24(3)21(27)22-2)9-16-15-6-5-7-17-19(15)13(11-23-17)10-18(16)25/h4-7,11,14,16,18,23H,1,8-10,12H2,2-3H3,(H,22,27)/t14-,16?,18-/m1/s1. The van der Waals surface area contributed by atoms with Crippen LogP contribution >= 0.6 is 0 Å². The van der Waals surface area contributed by atoms with Crippen LogP contribution in [0.5, 0.6) is 0 Å². The molecule has 6 nitrogen and oxygen atoms in total. The number of likely N-dealkylation sites (tertiary alicyclic amines) is 1. The first-order chi connectivity index (χ1) is 13.0. The number of aromatic amines is 1. The van der Waals surface area contributed by atoms with Gasteiger partial charge in [0.05, 0.1) is 5.92 Å². The van der Waals surface area contributed by atoms with Gasteiger partial charge in [-0.25, -0.2) is 4.79 Å². The van der Waals surface area contributed by atoms with E-state index >= 15 is 0 Å². The number of urea groups is 1. The molecule has 2 N–H and O–H groups in total. The summed E-state index contributed by atoms with van der Waals surface area (Å²) >= 11 is 0. The minimum absolute atomic E-state index is 0.117. The highest BCUT2D eigenvalue weighted by Crippen LogP contribution is 2.44. The SMILES string of the molecule is C=CCN1C[C@H](C(=O)N(C)C(=O)NC)CC2c3cccc4[nH]cc(c34)C[C@H]21. The predicted molar refractivity (Wildman–Crippen MR) is 106 cm³/mol. The monoisotopic (exact) mass is 366 g/mol. The lowest BCUT2D eigenvalue weighted by atomic mass is 9.72. The zero-order chi connectivity index (χ0) is 19.1. The number of carbonyl (C=O) groups is 2. The Bertz CT molecular complexity index is 903.